The minimum atomic E-state index is -0.628. The molecule has 3 heteroatoms. The molecule has 4 aliphatic rings. The molecule has 0 radical (unpaired) electrons. The molecule has 0 bridgehead atoms. The maximum atomic E-state index is 2.59. The molecule has 0 saturated heterocycles. The Morgan fingerprint density at radius 1 is 0.259 bits per heavy atom. The summed E-state index contributed by atoms with van der Waals surface area (Å²) in [5.41, 5.74) is 27.6. The van der Waals surface area contributed by atoms with Crippen LogP contribution in [0, 0.1) is 0 Å². The number of hydrogen-bond acceptors (Lipinski definition) is 1. The highest BCUT2D eigenvalue weighted by atomic mass is 15.1. The van der Waals surface area contributed by atoms with Gasteiger partial charge in [-0.05, 0) is 150 Å². The quantitative estimate of drug-likeness (QED) is 0.171. The average molecular weight is 1030 g/mol. The van der Waals surface area contributed by atoms with Crippen molar-refractivity contribution in [3.05, 3.63) is 330 Å². The van der Waals surface area contributed by atoms with Gasteiger partial charge < -0.3 is 14.0 Å². The minimum Gasteiger partial charge on any atom is -0.310 e. The molecule has 0 amide bonds. The Hall–Kier alpha value is -10.5. The largest absolute Gasteiger partial charge is 0.310 e. The lowest BCUT2D eigenvalue weighted by Crippen LogP contribution is -2.33. The van der Waals surface area contributed by atoms with Crippen LogP contribution in [0.15, 0.2) is 285 Å². The van der Waals surface area contributed by atoms with Crippen molar-refractivity contribution in [3.63, 3.8) is 0 Å². The third-order valence-electron chi connectivity index (χ3n) is 19.1. The van der Waals surface area contributed by atoms with E-state index in [1.165, 1.54) is 138 Å². The van der Waals surface area contributed by atoms with Gasteiger partial charge in [-0.1, -0.05) is 218 Å². The summed E-state index contributed by atoms with van der Waals surface area (Å²) in [6, 6.07) is 108. The van der Waals surface area contributed by atoms with Gasteiger partial charge in [0.1, 0.15) is 0 Å². The molecular formula is C78H47N3. The van der Waals surface area contributed by atoms with E-state index >= 15 is 0 Å². The Kier molecular flexibility index (Phi) is 8.39. The standard InChI is InChI=1S/C78H47N3/c1-2-27-59-57(25-1)74(47-69-75(59)61-28-6-13-33-65(61)77(69)62-30-10-3-20-51(62)52-21-4-11-31-63(52)77)79(48-40-42-49(43-41-48)80-70-36-15-7-23-55(70)56-24-8-16-37-71(56)80)50-44-45-54-53-22-5-12-32-64(53)78(68(54)46-50)66-34-14-18-39-73(66)81-72-38-17-9-26-58(72)60-29-19-35-67(78)76(60)81/h1-47H. The van der Waals surface area contributed by atoms with Crippen molar-refractivity contribution >= 4 is 71.4 Å². The highest BCUT2D eigenvalue weighted by molar-refractivity contribution is 6.15. The van der Waals surface area contributed by atoms with Gasteiger partial charge in [0, 0.05) is 44.0 Å². The molecule has 1 aliphatic heterocycles. The zero-order valence-electron chi connectivity index (χ0n) is 44.0. The first-order valence-corrected chi connectivity index (χ1v) is 28.3. The number of anilines is 3. The number of benzene rings is 13. The Morgan fingerprint density at radius 2 is 0.691 bits per heavy atom. The molecule has 374 valence electrons. The fourth-order valence-corrected chi connectivity index (χ4v) is 16.2. The average Bonchev–Trinajstić information content (AvgIpc) is 3.84. The molecule has 3 heterocycles. The second kappa shape index (κ2) is 15.6. The predicted molar refractivity (Wildman–Crippen MR) is 334 cm³/mol. The van der Waals surface area contributed by atoms with E-state index in [0.29, 0.717) is 0 Å². The van der Waals surface area contributed by atoms with Gasteiger partial charge in [0.15, 0.2) is 0 Å². The SMILES string of the molecule is c1ccc2c(c1)-c1ccccc1C21c2ccccc2-c2c1cc(N(c1ccc(-n3c4ccccc4c4ccccc43)cc1)c1ccc3c(c1)C1(c4ccccc4-3)c3ccccc3-n3c4ccccc4c4cccc1c43)c1ccccc21. The van der Waals surface area contributed by atoms with Crippen LogP contribution in [0.25, 0.3) is 99.1 Å². The van der Waals surface area contributed by atoms with Crippen molar-refractivity contribution in [2.75, 3.05) is 4.90 Å². The number of fused-ring (bicyclic) bond motifs is 27. The molecule has 2 spiro atoms. The van der Waals surface area contributed by atoms with Crippen LogP contribution >= 0.6 is 0 Å². The van der Waals surface area contributed by atoms with Crippen LogP contribution in [0.5, 0.6) is 0 Å². The monoisotopic (exact) mass is 1030 g/mol. The zero-order chi connectivity index (χ0) is 52.7. The molecule has 0 N–H and O–H groups in total. The van der Waals surface area contributed by atoms with Gasteiger partial charge in [0.2, 0.25) is 0 Å². The molecule has 1 atom stereocenters. The van der Waals surface area contributed by atoms with Crippen LogP contribution < -0.4 is 4.90 Å². The Balaban J connectivity index is 0.922. The molecule has 0 saturated carbocycles. The van der Waals surface area contributed by atoms with Gasteiger partial charge in [0.05, 0.1) is 44.3 Å². The van der Waals surface area contributed by atoms with Crippen LogP contribution in [0.1, 0.15) is 44.5 Å². The third kappa shape index (κ3) is 5.26. The van der Waals surface area contributed by atoms with E-state index in [1.807, 2.05) is 0 Å². The van der Waals surface area contributed by atoms with Crippen molar-refractivity contribution < 1.29 is 0 Å². The minimum absolute atomic E-state index is 0.545. The van der Waals surface area contributed by atoms with E-state index in [0.717, 1.165) is 22.7 Å². The molecule has 3 nitrogen and oxygen atoms in total. The Bertz CT molecular complexity index is 5160. The summed E-state index contributed by atoms with van der Waals surface area (Å²) >= 11 is 0. The van der Waals surface area contributed by atoms with Gasteiger partial charge in [-0.15, -0.1) is 0 Å². The lowest BCUT2D eigenvalue weighted by atomic mass is 9.65. The molecular weight excluding hydrogens is 979 g/mol. The van der Waals surface area contributed by atoms with E-state index in [2.05, 4.69) is 299 Å². The van der Waals surface area contributed by atoms with E-state index in [-0.39, 0.29) is 0 Å². The zero-order valence-corrected chi connectivity index (χ0v) is 44.0. The maximum absolute atomic E-state index is 2.59. The summed E-state index contributed by atoms with van der Waals surface area (Å²) < 4.78 is 4.97. The summed E-state index contributed by atoms with van der Waals surface area (Å²) in [4.78, 5) is 2.59. The first kappa shape index (κ1) is 43.5. The van der Waals surface area contributed by atoms with Crippen molar-refractivity contribution in [2.45, 2.75) is 10.8 Å². The normalized spacial score (nSPS) is 15.3. The molecule has 3 aliphatic carbocycles. The highest BCUT2D eigenvalue weighted by Gasteiger charge is 2.54. The van der Waals surface area contributed by atoms with Crippen LogP contribution in [0.2, 0.25) is 0 Å². The van der Waals surface area contributed by atoms with Crippen LogP contribution in [0.3, 0.4) is 0 Å². The third-order valence-corrected chi connectivity index (χ3v) is 19.1. The Labute approximate surface area is 468 Å². The Morgan fingerprint density at radius 3 is 1.32 bits per heavy atom. The predicted octanol–water partition coefficient (Wildman–Crippen LogP) is 19.5. The van der Waals surface area contributed by atoms with Gasteiger partial charge in [-0.2, -0.15) is 0 Å². The fraction of sp³-hybridized carbons (Fsp3) is 0.0256. The number of aromatic nitrogens is 2. The molecule has 19 rings (SSSR count). The van der Waals surface area contributed by atoms with Crippen molar-refractivity contribution in [3.8, 4) is 44.8 Å². The van der Waals surface area contributed by atoms with Gasteiger partial charge in [-0.25, -0.2) is 0 Å². The molecule has 0 fully saturated rings. The summed E-state index contributed by atoms with van der Waals surface area (Å²) in [5, 5.41) is 7.49. The van der Waals surface area contributed by atoms with Crippen LogP contribution in [0.4, 0.5) is 17.1 Å². The summed E-state index contributed by atoms with van der Waals surface area (Å²) in [7, 11) is 0. The second-order valence-corrected chi connectivity index (χ2v) is 22.6. The van der Waals surface area contributed by atoms with E-state index in [9.17, 15) is 0 Å². The number of para-hydroxylation sites is 5. The topological polar surface area (TPSA) is 13.1 Å². The van der Waals surface area contributed by atoms with Crippen molar-refractivity contribution in [1.82, 2.24) is 9.13 Å². The number of nitrogens with zero attached hydrogens (tertiary/aromatic N) is 3. The lowest BCUT2D eigenvalue weighted by Gasteiger charge is -2.40. The van der Waals surface area contributed by atoms with Crippen molar-refractivity contribution in [1.29, 1.82) is 0 Å². The summed E-state index contributed by atoms with van der Waals surface area (Å²) in [6.45, 7) is 0. The van der Waals surface area contributed by atoms with Gasteiger partial charge in [-0.3, -0.25) is 0 Å². The van der Waals surface area contributed by atoms with E-state index in [4.69, 9.17) is 0 Å². The number of hydrogen-bond donors (Lipinski definition) is 0. The summed E-state index contributed by atoms with van der Waals surface area (Å²) in [5.74, 6) is 0. The second-order valence-electron chi connectivity index (χ2n) is 22.6. The molecule has 13 aromatic carbocycles. The van der Waals surface area contributed by atoms with E-state index < -0.39 is 10.8 Å². The number of rotatable bonds is 4. The van der Waals surface area contributed by atoms with Gasteiger partial charge >= 0.3 is 0 Å². The highest BCUT2D eigenvalue weighted by Crippen LogP contribution is 2.66. The lowest BCUT2D eigenvalue weighted by molar-refractivity contribution is 0.748. The molecule has 15 aromatic rings. The van der Waals surface area contributed by atoms with Crippen molar-refractivity contribution in [2.24, 2.45) is 0 Å². The van der Waals surface area contributed by atoms with E-state index in [1.54, 1.807) is 0 Å². The fourth-order valence-electron chi connectivity index (χ4n) is 16.2. The summed E-state index contributed by atoms with van der Waals surface area (Å²) in [6.07, 6.45) is 0. The molecule has 81 heavy (non-hydrogen) atoms. The molecule has 2 aromatic heterocycles. The van der Waals surface area contributed by atoms with Crippen LogP contribution in [-0.2, 0) is 10.8 Å². The molecule has 1 unspecified atom stereocenters. The first-order valence-electron chi connectivity index (χ1n) is 28.3. The maximum Gasteiger partial charge on any atom is 0.0755 e. The van der Waals surface area contributed by atoms with Crippen LogP contribution in [-0.4, -0.2) is 9.13 Å². The van der Waals surface area contributed by atoms with Gasteiger partial charge in [0.25, 0.3) is 0 Å². The smallest absolute Gasteiger partial charge is 0.0755 e. The first-order chi connectivity index (χ1) is 40.2.